The average Bonchev–Trinajstić information content (AvgIpc) is 2.59. The molecule has 3 N–H and O–H groups in total. The zero-order chi connectivity index (χ0) is 20.0. The van der Waals surface area contributed by atoms with E-state index in [-0.39, 0.29) is 29.6 Å². The molecule has 0 radical (unpaired) electrons. The van der Waals surface area contributed by atoms with Gasteiger partial charge in [0, 0.05) is 34.6 Å². The van der Waals surface area contributed by atoms with Crippen LogP contribution in [0.15, 0.2) is 48.5 Å². The zero-order valence-electron chi connectivity index (χ0n) is 15.4. The molecule has 8 nitrogen and oxygen atoms in total. The summed E-state index contributed by atoms with van der Waals surface area (Å²) in [5.74, 6) is -0.512. The Morgan fingerprint density at radius 2 is 1.70 bits per heavy atom. The third-order valence-corrected chi connectivity index (χ3v) is 3.43. The first-order chi connectivity index (χ1) is 12.6. The second kappa shape index (κ2) is 8.31. The van der Waals surface area contributed by atoms with Gasteiger partial charge in [-0.25, -0.2) is 0 Å². The molecule has 142 valence electrons. The van der Waals surface area contributed by atoms with Gasteiger partial charge >= 0.3 is 0 Å². The SMILES string of the molecule is CC(C)(C)NC(=O)c1ccc(NCC(=O)Nc2cccc([N+](=O)[O-])c2)cc1. The van der Waals surface area contributed by atoms with E-state index < -0.39 is 4.92 Å². The van der Waals surface area contributed by atoms with Gasteiger partial charge in [-0.15, -0.1) is 0 Å². The fraction of sp³-hybridized carbons (Fsp3) is 0.263. The van der Waals surface area contributed by atoms with Crippen LogP contribution in [-0.2, 0) is 4.79 Å². The number of hydrogen-bond acceptors (Lipinski definition) is 5. The van der Waals surface area contributed by atoms with E-state index in [1.807, 2.05) is 20.8 Å². The number of nitro benzene ring substituents is 1. The Labute approximate surface area is 157 Å². The molecule has 0 unspecified atom stereocenters. The first kappa shape index (κ1) is 19.9. The van der Waals surface area contributed by atoms with Gasteiger partial charge in [-0.1, -0.05) is 6.07 Å². The fourth-order valence-corrected chi connectivity index (χ4v) is 2.24. The number of carbonyl (C=O) groups is 2. The van der Waals surface area contributed by atoms with E-state index in [9.17, 15) is 19.7 Å². The lowest BCUT2D eigenvalue weighted by Gasteiger charge is -2.20. The molecular formula is C19H22N4O4. The Bertz CT molecular complexity index is 842. The van der Waals surface area contributed by atoms with Gasteiger partial charge < -0.3 is 16.0 Å². The number of anilines is 2. The molecular weight excluding hydrogens is 348 g/mol. The van der Waals surface area contributed by atoms with Crippen LogP contribution >= 0.6 is 0 Å². The number of nitrogens with zero attached hydrogens (tertiary/aromatic N) is 1. The normalized spacial score (nSPS) is 10.8. The topological polar surface area (TPSA) is 113 Å². The molecule has 0 aliphatic heterocycles. The predicted molar refractivity (Wildman–Crippen MR) is 104 cm³/mol. The number of hydrogen-bond donors (Lipinski definition) is 3. The summed E-state index contributed by atoms with van der Waals surface area (Å²) in [4.78, 5) is 34.3. The summed E-state index contributed by atoms with van der Waals surface area (Å²) < 4.78 is 0. The summed E-state index contributed by atoms with van der Waals surface area (Å²) in [6.07, 6.45) is 0. The van der Waals surface area contributed by atoms with Gasteiger partial charge in [0.2, 0.25) is 5.91 Å². The van der Waals surface area contributed by atoms with Crippen molar-refractivity contribution >= 4 is 28.9 Å². The van der Waals surface area contributed by atoms with Gasteiger partial charge in [0.05, 0.1) is 11.5 Å². The molecule has 2 amide bonds. The minimum absolute atomic E-state index is 0.0176. The molecule has 0 spiro atoms. The van der Waals surface area contributed by atoms with Gasteiger partial charge in [0.25, 0.3) is 11.6 Å². The number of benzene rings is 2. The minimum atomic E-state index is -0.523. The summed E-state index contributed by atoms with van der Waals surface area (Å²) in [5, 5.41) is 19.2. The molecule has 0 fully saturated rings. The smallest absolute Gasteiger partial charge is 0.271 e. The molecule has 2 aromatic rings. The van der Waals surface area contributed by atoms with Crippen molar-refractivity contribution in [1.29, 1.82) is 0 Å². The van der Waals surface area contributed by atoms with Crippen LogP contribution in [0, 0.1) is 10.1 Å². The van der Waals surface area contributed by atoms with Crippen LogP contribution in [0.5, 0.6) is 0 Å². The van der Waals surface area contributed by atoms with Crippen LogP contribution in [0.2, 0.25) is 0 Å². The van der Waals surface area contributed by atoms with Gasteiger partial charge in [-0.3, -0.25) is 19.7 Å². The molecule has 0 atom stereocenters. The standard InChI is InChI=1S/C19H22N4O4/c1-19(2,3)22-18(25)13-7-9-14(10-8-13)20-12-17(24)21-15-5-4-6-16(11-15)23(26)27/h4-11,20H,12H2,1-3H3,(H,21,24)(H,22,25). The van der Waals surface area contributed by atoms with E-state index in [1.54, 1.807) is 30.3 Å². The van der Waals surface area contributed by atoms with Gasteiger partial charge in [0.15, 0.2) is 0 Å². The molecule has 0 saturated carbocycles. The molecule has 0 heterocycles. The van der Waals surface area contributed by atoms with Crippen molar-refractivity contribution in [3.05, 3.63) is 64.2 Å². The van der Waals surface area contributed by atoms with Crippen LogP contribution in [-0.4, -0.2) is 28.8 Å². The van der Waals surface area contributed by atoms with E-state index in [0.717, 1.165) is 0 Å². The second-order valence-electron chi connectivity index (χ2n) is 6.99. The van der Waals surface area contributed by atoms with Crippen LogP contribution in [0.3, 0.4) is 0 Å². The molecule has 0 aromatic heterocycles. The Balaban J connectivity index is 1.89. The van der Waals surface area contributed by atoms with Crippen molar-refractivity contribution in [1.82, 2.24) is 5.32 Å². The van der Waals surface area contributed by atoms with Gasteiger partial charge in [-0.05, 0) is 51.1 Å². The largest absolute Gasteiger partial charge is 0.376 e. The lowest BCUT2D eigenvalue weighted by Crippen LogP contribution is -2.40. The third-order valence-electron chi connectivity index (χ3n) is 3.43. The van der Waals surface area contributed by atoms with Crippen molar-refractivity contribution in [2.45, 2.75) is 26.3 Å². The molecule has 2 rings (SSSR count). The summed E-state index contributed by atoms with van der Waals surface area (Å²) >= 11 is 0. The molecule has 0 aliphatic rings. The number of carbonyl (C=O) groups excluding carboxylic acids is 2. The first-order valence-electron chi connectivity index (χ1n) is 8.35. The number of rotatable bonds is 6. The van der Waals surface area contributed by atoms with E-state index in [0.29, 0.717) is 16.9 Å². The highest BCUT2D eigenvalue weighted by atomic mass is 16.6. The highest BCUT2D eigenvalue weighted by molar-refractivity contribution is 5.95. The number of amides is 2. The molecule has 2 aromatic carbocycles. The quantitative estimate of drug-likeness (QED) is 0.534. The molecule has 0 saturated heterocycles. The zero-order valence-corrected chi connectivity index (χ0v) is 15.4. The lowest BCUT2D eigenvalue weighted by atomic mass is 10.1. The molecule has 0 aliphatic carbocycles. The van der Waals surface area contributed by atoms with E-state index in [2.05, 4.69) is 16.0 Å². The van der Waals surface area contributed by atoms with Crippen molar-refractivity contribution < 1.29 is 14.5 Å². The van der Waals surface area contributed by atoms with Crippen molar-refractivity contribution in [3.8, 4) is 0 Å². The number of nitrogens with one attached hydrogen (secondary N) is 3. The van der Waals surface area contributed by atoms with Crippen molar-refractivity contribution in [2.75, 3.05) is 17.2 Å². The number of nitro groups is 1. The summed E-state index contributed by atoms with van der Waals surface area (Å²) in [6.45, 7) is 5.69. The Kier molecular flexibility index (Phi) is 6.12. The Morgan fingerprint density at radius 3 is 2.30 bits per heavy atom. The summed E-state index contributed by atoms with van der Waals surface area (Å²) in [6, 6.07) is 12.5. The highest BCUT2D eigenvalue weighted by Gasteiger charge is 2.15. The van der Waals surface area contributed by atoms with Gasteiger partial charge in [-0.2, -0.15) is 0 Å². The maximum atomic E-state index is 12.1. The second-order valence-corrected chi connectivity index (χ2v) is 6.99. The lowest BCUT2D eigenvalue weighted by molar-refractivity contribution is -0.384. The van der Waals surface area contributed by atoms with E-state index in [4.69, 9.17) is 0 Å². The molecule has 0 bridgehead atoms. The molecule has 8 heteroatoms. The Hall–Kier alpha value is -3.42. The predicted octanol–water partition coefficient (Wildman–Crippen LogP) is 3.17. The Morgan fingerprint density at radius 1 is 1.04 bits per heavy atom. The maximum Gasteiger partial charge on any atom is 0.271 e. The average molecular weight is 370 g/mol. The monoisotopic (exact) mass is 370 g/mol. The van der Waals surface area contributed by atoms with Crippen LogP contribution < -0.4 is 16.0 Å². The van der Waals surface area contributed by atoms with E-state index in [1.165, 1.54) is 18.2 Å². The first-order valence-corrected chi connectivity index (χ1v) is 8.35. The van der Waals surface area contributed by atoms with Crippen molar-refractivity contribution in [3.63, 3.8) is 0 Å². The highest BCUT2D eigenvalue weighted by Crippen LogP contribution is 2.17. The van der Waals surface area contributed by atoms with Gasteiger partial charge in [0.1, 0.15) is 0 Å². The van der Waals surface area contributed by atoms with Crippen LogP contribution in [0.1, 0.15) is 31.1 Å². The maximum absolute atomic E-state index is 12.1. The van der Waals surface area contributed by atoms with Crippen LogP contribution in [0.4, 0.5) is 17.1 Å². The third kappa shape index (κ3) is 6.43. The molecule has 27 heavy (non-hydrogen) atoms. The minimum Gasteiger partial charge on any atom is -0.376 e. The number of non-ortho nitro benzene ring substituents is 1. The summed E-state index contributed by atoms with van der Waals surface area (Å²) in [7, 11) is 0. The van der Waals surface area contributed by atoms with Crippen molar-refractivity contribution in [2.24, 2.45) is 0 Å². The van der Waals surface area contributed by atoms with E-state index >= 15 is 0 Å². The summed E-state index contributed by atoms with van der Waals surface area (Å²) in [5.41, 5.74) is 1.14. The fourth-order valence-electron chi connectivity index (χ4n) is 2.24. The van der Waals surface area contributed by atoms with Crippen LogP contribution in [0.25, 0.3) is 0 Å².